The maximum absolute atomic E-state index is 2.30. The van der Waals surface area contributed by atoms with Gasteiger partial charge in [0, 0.05) is 0 Å². The Kier molecular flexibility index (Phi) is 7.66. The van der Waals surface area contributed by atoms with Gasteiger partial charge in [-0.2, -0.15) is 0 Å². The first-order chi connectivity index (χ1) is 4.24. The number of rotatable bonds is 4. The molecule has 0 N–H and O–H groups in total. The molecule has 0 aliphatic heterocycles. The zero-order valence-electron chi connectivity index (χ0n) is 7.33. The largest absolute Gasteiger partial charge is 0.0649 e. The fourth-order valence-corrected chi connectivity index (χ4v) is 1.50. The Morgan fingerprint density at radius 3 is 0.900 bits per heavy atom. The molecule has 0 heterocycles. The molecule has 0 fully saturated rings. The smallest absolute Gasteiger partial charge is 0.0149 e. The van der Waals surface area contributed by atoms with Crippen LogP contribution in [-0.2, 0) is 0 Å². The Balaban J connectivity index is 0. The third kappa shape index (κ3) is 2.87. The highest BCUT2D eigenvalue weighted by Gasteiger charge is 2.20. The SMILES string of the molecule is CCC(CC)(CC)CC.[SiH4]. The summed E-state index contributed by atoms with van der Waals surface area (Å²) in [6.07, 6.45) is 5.38. The topological polar surface area (TPSA) is 0 Å². The maximum Gasteiger partial charge on any atom is -0.0149 e. The van der Waals surface area contributed by atoms with Crippen LogP contribution in [0, 0.1) is 5.41 Å². The first-order valence-electron chi connectivity index (χ1n) is 4.24. The van der Waals surface area contributed by atoms with Crippen LogP contribution in [0.2, 0.25) is 0 Å². The van der Waals surface area contributed by atoms with Gasteiger partial charge in [-0.3, -0.25) is 0 Å². The summed E-state index contributed by atoms with van der Waals surface area (Å²) in [5.41, 5.74) is 0.667. The molecule has 0 aromatic carbocycles. The van der Waals surface area contributed by atoms with E-state index in [4.69, 9.17) is 0 Å². The second-order valence-corrected chi connectivity index (χ2v) is 2.91. The molecule has 0 rings (SSSR count). The molecule has 0 spiro atoms. The van der Waals surface area contributed by atoms with Crippen LogP contribution < -0.4 is 0 Å². The van der Waals surface area contributed by atoms with Crippen molar-refractivity contribution >= 4 is 11.0 Å². The van der Waals surface area contributed by atoms with E-state index in [9.17, 15) is 0 Å². The Labute approximate surface area is 70.4 Å². The average molecular weight is 160 g/mol. The normalized spacial score (nSPS) is 10.8. The molecule has 0 saturated heterocycles. The molecule has 0 saturated carbocycles. The second-order valence-electron chi connectivity index (χ2n) is 2.91. The third-order valence-corrected chi connectivity index (χ3v) is 3.00. The summed E-state index contributed by atoms with van der Waals surface area (Å²) in [4.78, 5) is 0. The van der Waals surface area contributed by atoms with Gasteiger partial charge in [-0.15, -0.1) is 0 Å². The molecule has 0 amide bonds. The van der Waals surface area contributed by atoms with E-state index in [1.165, 1.54) is 25.7 Å². The van der Waals surface area contributed by atoms with Gasteiger partial charge < -0.3 is 0 Å². The molecule has 0 nitrogen and oxygen atoms in total. The van der Waals surface area contributed by atoms with E-state index in [0.29, 0.717) is 5.41 Å². The molecule has 0 aliphatic carbocycles. The highest BCUT2D eigenvalue weighted by atomic mass is 28.1. The summed E-state index contributed by atoms with van der Waals surface area (Å²) in [6, 6.07) is 0. The number of hydrogen-bond donors (Lipinski definition) is 0. The quantitative estimate of drug-likeness (QED) is 0.553. The van der Waals surface area contributed by atoms with Crippen molar-refractivity contribution in [3.63, 3.8) is 0 Å². The van der Waals surface area contributed by atoms with Crippen LogP contribution >= 0.6 is 0 Å². The van der Waals surface area contributed by atoms with Gasteiger partial charge in [-0.1, -0.05) is 53.4 Å². The van der Waals surface area contributed by atoms with Crippen molar-refractivity contribution in [2.75, 3.05) is 0 Å². The minimum absolute atomic E-state index is 0. The summed E-state index contributed by atoms with van der Waals surface area (Å²) >= 11 is 0. The van der Waals surface area contributed by atoms with Gasteiger partial charge in [0.05, 0.1) is 0 Å². The van der Waals surface area contributed by atoms with Gasteiger partial charge in [-0.05, 0) is 16.4 Å². The van der Waals surface area contributed by atoms with E-state index in [2.05, 4.69) is 27.7 Å². The molecule has 0 aliphatic rings. The average Bonchev–Trinajstić information content (AvgIpc) is 1.95. The van der Waals surface area contributed by atoms with Crippen molar-refractivity contribution in [2.24, 2.45) is 5.41 Å². The molecule has 0 unspecified atom stereocenters. The molecule has 0 aromatic rings. The number of hydrogen-bond acceptors (Lipinski definition) is 0. The van der Waals surface area contributed by atoms with Crippen molar-refractivity contribution < 1.29 is 0 Å². The van der Waals surface area contributed by atoms with Crippen LogP contribution in [0.5, 0.6) is 0 Å². The Bertz CT molecular complexity index is 47.6. The van der Waals surface area contributed by atoms with E-state index in [1.807, 2.05) is 0 Å². The minimum atomic E-state index is 0. The van der Waals surface area contributed by atoms with Crippen LogP contribution in [0.4, 0.5) is 0 Å². The first kappa shape index (κ1) is 12.9. The molecular weight excluding hydrogens is 136 g/mol. The molecule has 10 heavy (non-hydrogen) atoms. The molecular formula is C9H24Si. The van der Waals surface area contributed by atoms with Crippen molar-refractivity contribution in [2.45, 2.75) is 53.4 Å². The third-order valence-electron chi connectivity index (χ3n) is 3.00. The van der Waals surface area contributed by atoms with Crippen LogP contribution in [-0.4, -0.2) is 11.0 Å². The first-order valence-corrected chi connectivity index (χ1v) is 4.24. The van der Waals surface area contributed by atoms with Crippen molar-refractivity contribution in [3.05, 3.63) is 0 Å². The van der Waals surface area contributed by atoms with E-state index in [1.54, 1.807) is 0 Å². The lowest BCUT2D eigenvalue weighted by atomic mass is 9.78. The lowest BCUT2D eigenvalue weighted by Crippen LogP contribution is -2.15. The zero-order valence-corrected chi connectivity index (χ0v) is 7.33. The Morgan fingerprint density at radius 1 is 0.700 bits per heavy atom. The predicted molar refractivity (Wildman–Crippen MR) is 54.9 cm³/mol. The second kappa shape index (κ2) is 5.96. The molecule has 0 atom stereocenters. The molecule has 0 radical (unpaired) electrons. The van der Waals surface area contributed by atoms with Gasteiger partial charge in [0.25, 0.3) is 0 Å². The molecule has 0 aromatic heterocycles. The Morgan fingerprint density at radius 2 is 0.900 bits per heavy atom. The van der Waals surface area contributed by atoms with E-state index in [0.717, 1.165) is 0 Å². The van der Waals surface area contributed by atoms with E-state index >= 15 is 0 Å². The summed E-state index contributed by atoms with van der Waals surface area (Å²) < 4.78 is 0. The van der Waals surface area contributed by atoms with Gasteiger partial charge in [0.1, 0.15) is 0 Å². The summed E-state index contributed by atoms with van der Waals surface area (Å²) in [7, 11) is 0. The highest BCUT2D eigenvalue weighted by Crippen LogP contribution is 2.33. The standard InChI is InChI=1S/C9H20.H4Si/c1-5-9(6-2,7-3)8-4;/h5-8H2,1-4H3;1H4. The predicted octanol–water partition coefficient (Wildman–Crippen LogP) is 2.16. The molecule has 1 heteroatoms. The van der Waals surface area contributed by atoms with E-state index in [-0.39, 0.29) is 11.0 Å². The molecule has 0 bridgehead atoms. The fraction of sp³-hybridized carbons (Fsp3) is 1.00. The fourth-order valence-electron chi connectivity index (χ4n) is 1.50. The van der Waals surface area contributed by atoms with Gasteiger partial charge in [0.15, 0.2) is 0 Å². The van der Waals surface area contributed by atoms with Crippen molar-refractivity contribution in [1.29, 1.82) is 0 Å². The summed E-state index contributed by atoms with van der Waals surface area (Å²) in [5.74, 6) is 0. The Hall–Kier alpha value is 0.217. The van der Waals surface area contributed by atoms with Crippen LogP contribution in [0.3, 0.4) is 0 Å². The minimum Gasteiger partial charge on any atom is -0.0649 e. The van der Waals surface area contributed by atoms with Gasteiger partial charge in [0.2, 0.25) is 0 Å². The van der Waals surface area contributed by atoms with Crippen LogP contribution in [0.1, 0.15) is 53.4 Å². The highest BCUT2D eigenvalue weighted by molar-refractivity contribution is 5.75. The monoisotopic (exact) mass is 160 g/mol. The molecule has 64 valence electrons. The lowest BCUT2D eigenvalue weighted by molar-refractivity contribution is 0.240. The zero-order chi connectivity index (χ0) is 7.33. The van der Waals surface area contributed by atoms with Crippen molar-refractivity contribution in [3.8, 4) is 0 Å². The van der Waals surface area contributed by atoms with Gasteiger partial charge in [-0.25, -0.2) is 0 Å². The maximum atomic E-state index is 2.30. The lowest BCUT2D eigenvalue weighted by Gasteiger charge is -2.28. The van der Waals surface area contributed by atoms with E-state index < -0.39 is 0 Å². The van der Waals surface area contributed by atoms with Gasteiger partial charge >= 0.3 is 0 Å². The van der Waals surface area contributed by atoms with Crippen LogP contribution in [0.15, 0.2) is 0 Å². The summed E-state index contributed by atoms with van der Waals surface area (Å²) in [5, 5.41) is 0. The van der Waals surface area contributed by atoms with Crippen molar-refractivity contribution in [1.82, 2.24) is 0 Å². The summed E-state index contributed by atoms with van der Waals surface area (Å²) in [6.45, 7) is 9.21. The van der Waals surface area contributed by atoms with Crippen LogP contribution in [0.25, 0.3) is 0 Å².